The van der Waals surface area contributed by atoms with Crippen LogP contribution in [0.4, 0.5) is 13.2 Å². The number of benzene rings is 2. The van der Waals surface area contributed by atoms with Crippen LogP contribution in [0.15, 0.2) is 54.6 Å². The Labute approximate surface area is 192 Å². The van der Waals surface area contributed by atoms with Crippen molar-refractivity contribution < 1.29 is 13.2 Å². The van der Waals surface area contributed by atoms with Gasteiger partial charge in [-0.25, -0.2) is 0 Å². The van der Waals surface area contributed by atoms with Crippen LogP contribution in [0, 0.1) is 5.92 Å². The van der Waals surface area contributed by atoms with E-state index < -0.39 is 12.1 Å². The van der Waals surface area contributed by atoms with Gasteiger partial charge in [-0.05, 0) is 80.5 Å². The molecule has 1 aliphatic rings. The number of hydrogen-bond acceptors (Lipinski definition) is 1. The molecule has 1 atom stereocenters. The molecule has 32 heavy (non-hydrogen) atoms. The summed E-state index contributed by atoms with van der Waals surface area (Å²) in [7, 11) is 0. The Kier molecular flexibility index (Phi) is 9.22. The van der Waals surface area contributed by atoms with Gasteiger partial charge < -0.3 is 4.90 Å². The van der Waals surface area contributed by atoms with Crippen LogP contribution in [0.2, 0.25) is 0 Å². The first-order valence-electron chi connectivity index (χ1n) is 12.3. The number of nitrogens with zero attached hydrogens (tertiary/aromatic N) is 1. The van der Waals surface area contributed by atoms with Crippen molar-refractivity contribution in [2.45, 2.75) is 83.4 Å². The highest BCUT2D eigenvalue weighted by atomic mass is 19.4. The Bertz CT molecular complexity index is 777. The predicted octanol–water partition coefficient (Wildman–Crippen LogP) is 7.80. The molecule has 0 N–H and O–H groups in total. The highest BCUT2D eigenvalue weighted by molar-refractivity contribution is 5.26. The SMILES string of the molecule is CCC(CCc1ccc(C2CCC(C(F)(F)F)CC2)cc1)N(CC)CCc1ccccc1. The van der Waals surface area contributed by atoms with E-state index in [0.717, 1.165) is 38.8 Å². The Morgan fingerprint density at radius 1 is 0.844 bits per heavy atom. The summed E-state index contributed by atoms with van der Waals surface area (Å²) in [4.78, 5) is 2.60. The van der Waals surface area contributed by atoms with Crippen LogP contribution in [-0.4, -0.2) is 30.2 Å². The lowest BCUT2D eigenvalue weighted by molar-refractivity contribution is -0.182. The molecule has 1 aliphatic carbocycles. The first-order valence-corrected chi connectivity index (χ1v) is 12.3. The zero-order valence-corrected chi connectivity index (χ0v) is 19.6. The largest absolute Gasteiger partial charge is 0.391 e. The van der Waals surface area contributed by atoms with Gasteiger partial charge in [0.15, 0.2) is 0 Å². The maximum Gasteiger partial charge on any atom is 0.391 e. The second-order valence-corrected chi connectivity index (χ2v) is 9.30. The van der Waals surface area contributed by atoms with Crippen molar-refractivity contribution in [3.63, 3.8) is 0 Å². The molecule has 0 radical (unpaired) electrons. The molecule has 1 nitrogen and oxygen atoms in total. The first-order chi connectivity index (χ1) is 15.4. The summed E-state index contributed by atoms with van der Waals surface area (Å²) < 4.78 is 38.8. The third-order valence-electron chi connectivity index (χ3n) is 7.33. The summed E-state index contributed by atoms with van der Waals surface area (Å²) in [6.07, 6.45) is 2.20. The maximum absolute atomic E-state index is 12.9. The van der Waals surface area contributed by atoms with Gasteiger partial charge in [-0.15, -0.1) is 0 Å². The summed E-state index contributed by atoms with van der Waals surface area (Å²) in [6.45, 7) is 6.66. The van der Waals surface area contributed by atoms with Crippen LogP contribution in [0.25, 0.3) is 0 Å². The van der Waals surface area contributed by atoms with Crippen molar-refractivity contribution in [1.82, 2.24) is 4.90 Å². The number of halogens is 3. The smallest absolute Gasteiger partial charge is 0.300 e. The van der Waals surface area contributed by atoms with Crippen LogP contribution in [0.1, 0.15) is 75.0 Å². The second kappa shape index (κ2) is 11.9. The Balaban J connectivity index is 1.48. The molecule has 0 bridgehead atoms. The van der Waals surface area contributed by atoms with Gasteiger partial charge in [-0.2, -0.15) is 13.2 Å². The molecule has 0 aliphatic heterocycles. The minimum atomic E-state index is -4.03. The van der Waals surface area contributed by atoms with Gasteiger partial charge >= 0.3 is 6.18 Å². The predicted molar refractivity (Wildman–Crippen MR) is 127 cm³/mol. The first kappa shape index (κ1) is 24.8. The van der Waals surface area contributed by atoms with Crippen LogP contribution in [0.5, 0.6) is 0 Å². The lowest BCUT2D eigenvalue weighted by Gasteiger charge is -2.31. The molecule has 176 valence electrons. The second-order valence-electron chi connectivity index (χ2n) is 9.30. The normalized spacial score (nSPS) is 20.4. The van der Waals surface area contributed by atoms with E-state index in [-0.39, 0.29) is 18.8 Å². The molecular formula is C28H38F3N. The molecule has 2 aromatic carbocycles. The molecule has 0 spiro atoms. The van der Waals surface area contributed by atoms with Gasteiger partial charge in [0.1, 0.15) is 0 Å². The van der Waals surface area contributed by atoms with E-state index in [9.17, 15) is 13.2 Å². The van der Waals surface area contributed by atoms with E-state index >= 15 is 0 Å². The molecule has 3 rings (SSSR count). The fourth-order valence-corrected chi connectivity index (χ4v) is 5.20. The number of likely N-dealkylation sites (N-methyl/N-ethyl adjacent to an activating group) is 1. The van der Waals surface area contributed by atoms with E-state index in [0.29, 0.717) is 18.9 Å². The molecule has 0 heterocycles. The lowest BCUT2D eigenvalue weighted by Crippen LogP contribution is -2.36. The van der Waals surface area contributed by atoms with Crippen LogP contribution in [-0.2, 0) is 12.8 Å². The molecule has 4 heteroatoms. The summed E-state index contributed by atoms with van der Waals surface area (Å²) in [6, 6.07) is 19.9. The van der Waals surface area contributed by atoms with Gasteiger partial charge in [-0.3, -0.25) is 0 Å². The van der Waals surface area contributed by atoms with Gasteiger partial charge in [0.05, 0.1) is 5.92 Å². The van der Waals surface area contributed by atoms with Crippen molar-refractivity contribution in [2.24, 2.45) is 5.92 Å². The topological polar surface area (TPSA) is 3.24 Å². The molecule has 0 amide bonds. The number of rotatable bonds is 10. The van der Waals surface area contributed by atoms with Crippen molar-refractivity contribution in [2.75, 3.05) is 13.1 Å². The van der Waals surface area contributed by atoms with E-state index in [1.165, 1.54) is 16.7 Å². The molecule has 1 saturated carbocycles. The lowest BCUT2D eigenvalue weighted by atomic mass is 9.78. The average Bonchev–Trinajstić information content (AvgIpc) is 2.82. The van der Waals surface area contributed by atoms with E-state index in [2.05, 4.69) is 73.3 Å². The third kappa shape index (κ3) is 7.10. The maximum atomic E-state index is 12.9. The van der Waals surface area contributed by atoms with Gasteiger partial charge in [0.25, 0.3) is 0 Å². The monoisotopic (exact) mass is 445 g/mol. The van der Waals surface area contributed by atoms with E-state index in [1.54, 1.807) is 0 Å². The zero-order valence-electron chi connectivity index (χ0n) is 19.6. The zero-order chi connectivity index (χ0) is 23.0. The summed E-state index contributed by atoms with van der Waals surface area (Å²) >= 11 is 0. The molecule has 2 aromatic rings. The van der Waals surface area contributed by atoms with E-state index in [4.69, 9.17) is 0 Å². The Morgan fingerprint density at radius 3 is 2.03 bits per heavy atom. The highest BCUT2D eigenvalue weighted by Gasteiger charge is 2.41. The fourth-order valence-electron chi connectivity index (χ4n) is 5.20. The van der Waals surface area contributed by atoms with Crippen LogP contribution < -0.4 is 0 Å². The minimum absolute atomic E-state index is 0.268. The fraction of sp³-hybridized carbons (Fsp3) is 0.571. The molecule has 1 unspecified atom stereocenters. The van der Waals surface area contributed by atoms with Crippen molar-refractivity contribution in [3.05, 3.63) is 71.3 Å². The summed E-state index contributed by atoms with van der Waals surface area (Å²) in [5, 5.41) is 0. The molecule has 0 aromatic heterocycles. The molecular weight excluding hydrogens is 407 g/mol. The molecule has 0 saturated heterocycles. The quantitative estimate of drug-likeness (QED) is 0.361. The van der Waals surface area contributed by atoms with Gasteiger partial charge in [-0.1, -0.05) is 68.4 Å². The molecule has 1 fully saturated rings. The van der Waals surface area contributed by atoms with Crippen molar-refractivity contribution in [3.8, 4) is 0 Å². The van der Waals surface area contributed by atoms with E-state index in [1.807, 2.05) is 0 Å². The van der Waals surface area contributed by atoms with Crippen molar-refractivity contribution in [1.29, 1.82) is 0 Å². The van der Waals surface area contributed by atoms with Gasteiger partial charge in [0.2, 0.25) is 0 Å². The Morgan fingerprint density at radius 2 is 1.47 bits per heavy atom. The summed E-state index contributed by atoms with van der Waals surface area (Å²) in [5.74, 6) is -0.827. The van der Waals surface area contributed by atoms with Crippen LogP contribution in [0.3, 0.4) is 0 Å². The standard InChI is InChI=1S/C28H38F3N/c1-3-27(32(4-2)21-20-22-8-6-5-7-9-22)19-12-23-10-13-24(14-11-23)25-15-17-26(18-16-25)28(29,30)31/h5-11,13-14,25-27H,3-4,12,15-21H2,1-2H3. The number of hydrogen-bond donors (Lipinski definition) is 0. The number of aryl methyl sites for hydroxylation is 1. The highest BCUT2D eigenvalue weighted by Crippen LogP contribution is 2.42. The average molecular weight is 446 g/mol. The minimum Gasteiger partial charge on any atom is -0.300 e. The number of alkyl halides is 3. The van der Waals surface area contributed by atoms with Crippen LogP contribution >= 0.6 is 0 Å². The van der Waals surface area contributed by atoms with Gasteiger partial charge in [0, 0.05) is 12.6 Å². The van der Waals surface area contributed by atoms with Crippen molar-refractivity contribution >= 4 is 0 Å². The third-order valence-corrected chi connectivity index (χ3v) is 7.33. The Hall–Kier alpha value is -1.81. The summed E-state index contributed by atoms with van der Waals surface area (Å²) in [5.41, 5.74) is 3.93.